The predicted octanol–water partition coefficient (Wildman–Crippen LogP) is 5.26. The van der Waals surface area contributed by atoms with Crippen molar-refractivity contribution in [1.29, 1.82) is 0 Å². The van der Waals surface area contributed by atoms with E-state index in [0.717, 1.165) is 24.8 Å². The molecule has 0 spiro atoms. The normalized spacial score (nSPS) is 44.3. The molecule has 4 heteroatoms. The Kier molecular flexibility index (Phi) is 4.07. The Morgan fingerprint density at radius 1 is 1.22 bits per heavy atom. The van der Waals surface area contributed by atoms with Crippen molar-refractivity contribution in [2.24, 2.45) is 22.7 Å². The average molecular weight is 373 g/mol. The molecule has 2 heterocycles. The molecule has 5 atom stereocenters. The lowest BCUT2D eigenvalue weighted by Crippen LogP contribution is -2.56. The Morgan fingerprint density at radius 2 is 1.96 bits per heavy atom. The van der Waals surface area contributed by atoms with Crippen molar-refractivity contribution >= 4 is 5.97 Å². The molecular formula is C23H32O4. The lowest BCUT2D eigenvalue weighted by Gasteiger charge is -2.59. The predicted molar refractivity (Wildman–Crippen MR) is 103 cm³/mol. The van der Waals surface area contributed by atoms with Crippen molar-refractivity contribution in [3.05, 3.63) is 35.8 Å². The first-order chi connectivity index (χ1) is 12.6. The Labute approximate surface area is 162 Å². The van der Waals surface area contributed by atoms with E-state index in [0.29, 0.717) is 17.3 Å². The molecule has 2 aliphatic carbocycles. The van der Waals surface area contributed by atoms with Crippen molar-refractivity contribution in [2.45, 2.75) is 78.6 Å². The highest BCUT2D eigenvalue weighted by Crippen LogP contribution is 2.66. The SMILES string of the molecule is C=C1OC(O/C=C2/C(=O)O[C@]3(C)CC[C@H]4C(C)(C)CCC[C@]4(C)[C@@H]23)C=C1C. The molecule has 4 aliphatic rings. The molecule has 4 rings (SSSR count). The molecule has 0 radical (unpaired) electrons. The molecule has 1 saturated heterocycles. The summed E-state index contributed by atoms with van der Waals surface area (Å²) in [6.45, 7) is 15.1. The summed E-state index contributed by atoms with van der Waals surface area (Å²) in [5.41, 5.74) is 1.54. The summed E-state index contributed by atoms with van der Waals surface area (Å²) in [6.07, 6.45) is 8.59. The van der Waals surface area contributed by atoms with Crippen LogP contribution in [0.25, 0.3) is 0 Å². The number of carbonyl (C=O) groups excluding carboxylic acids is 1. The molecular weight excluding hydrogens is 340 g/mol. The van der Waals surface area contributed by atoms with Crippen molar-refractivity contribution in [2.75, 3.05) is 0 Å². The van der Waals surface area contributed by atoms with Crippen LogP contribution < -0.4 is 0 Å². The summed E-state index contributed by atoms with van der Waals surface area (Å²) in [6, 6.07) is 0. The van der Waals surface area contributed by atoms with Gasteiger partial charge in [0.1, 0.15) is 11.4 Å². The quantitative estimate of drug-likeness (QED) is 0.377. The molecule has 3 fully saturated rings. The zero-order valence-electron chi connectivity index (χ0n) is 17.3. The monoisotopic (exact) mass is 372 g/mol. The fourth-order valence-corrected chi connectivity index (χ4v) is 6.58. The van der Waals surface area contributed by atoms with Crippen LogP contribution in [0.15, 0.2) is 35.8 Å². The largest absolute Gasteiger partial charge is 0.458 e. The van der Waals surface area contributed by atoms with Crippen LogP contribution in [0.3, 0.4) is 0 Å². The third-order valence-electron chi connectivity index (χ3n) is 7.76. The topological polar surface area (TPSA) is 44.8 Å². The van der Waals surface area contributed by atoms with E-state index in [1.54, 1.807) is 6.26 Å². The minimum Gasteiger partial charge on any atom is -0.458 e. The van der Waals surface area contributed by atoms with Crippen LogP contribution >= 0.6 is 0 Å². The summed E-state index contributed by atoms with van der Waals surface area (Å²) >= 11 is 0. The number of esters is 1. The fourth-order valence-electron chi connectivity index (χ4n) is 6.58. The summed E-state index contributed by atoms with van der Waals surface area (Å²) in [5, 5.41) is 0. The zero-order valence-corrected chi connectivity index (χ0v) is 17.3. The van der Waals surface area contributed by atoms with Crippen molar-refractivity contribution in [3.8, 4) is 0 Å². The number of hydrogen-bond acceptors (Lipinski definition) is 4. The standard InChI is InChI=1S/C23H32O4/c1-14-12-18(26-15(14)2)25-13-16-19-22(5)10-7-9-21(3,4)17(22)8-11-23(19,6)27-20(16)24/h12-13,17-19H,2,7-11H2,1,3-6H3/b16-13+/t17-,18?,19+,22-,23+/m0/s1. The van der Waals surface area contributed by atoms with Gasteiger partial charge in [-0.1, -0.05) is 33.8 Å². The number of fused-ring (bicyclic) bond motifs is 3. The van der Waals surface area contributed by atoms with Gasteiger partial charge in [0.2, 0.25) is 0 Å². The third-order valence-corrected chi connectivity index (χ3v) is 7.76. The Morgan fingerprint density at radius 3 is 2.63 bits per heavy atom. The lowest BCUT2D eigenvalue weighted by molar-refractivity contribution is -0.164. The van der Waals surface area contributed by atoms with Crippen molar-refractivity contribution in [1.82, 2.24) is 0 Å². The van der Waals surface area contributed by atoms with Crippen LogP contribution in [0.1, 0.15) is 66.7 Å². The van der Waals surface area contributed by atoms with Gasteiger partial charge in [-0.05, 0) is 61.9 Å². The average Bonchev–Trinajstić information content (AvgIpc) is 3.00. The first kappa shape index (κ1) is 18.6. The molecule has 27 heavy (non-hydrogen) atoms. The van der Waals surface area contributed by atoms with E-state index in [4.69, 9.17) is 14.2 Å². The van der Waals surface area contributed by atoms with E-state index in [1.165, 1.54) is 12.8 Å². The molecule has 0 N–H and O–H groups in total. The molecule has 2 saturated carbocycles. The Balaban J connectivity index is 1.67. The van der Waals surface area contributed by atoms with Crippen LogP contribution in [0, 0.1) is 22.7 Å². The Hall–Kier alpha value is -1.71. The second kappa shape index (κ2) is 5.89. The lowest BCUT2D eigenvalue weighted by atomic mass is 9.45. The highest BCUT2D eigenvalue weighted by molar-refractivity contribution is 5.92. The van der Waals surface area contributed by atoms with Gasteiger partial charge in [-0.3, -0.25) is 0 Å². The zero-order chi connectivity index (χ0) is 19.6. The minimum absolute atomic E-state index is 0.0436. The second-order valence-corrected chi connectivity index (χ2v) is 10.0. The van der Waals surface area contributed by atoms with Crippen LogP contribution in [-0.4, -0.2) is 17.9 Å². The summed E-state index contributed by atoms with van der Waals surface area (Å²) in [7, 11) is 0. The summed E-state index contributed by atoms with van der Waals surface area (Å²) in [4.78, 5) is 12.8. The molecule has 0 bridgehead atoms. The molecule has 0 aromatic heterocycles. The minimum atomic E-state index is -0.514. The number of ether oxygens (including phenoxy) is 3. The van der Waals surface area contributed by atoms with Gasteiger partial charge in [0.05, 0.1) is 11.8 Å². The fraction of sp³-hybridized carbons (Fsp3) is 0.696. The number of carbonyl (C=O) groups is 1. The van der Waals surface area contributed by atoms with E-state index in [-0.39, 0.29) is 22.7 Å². The van der Waals surface area contributed by atoms with Gasteiger partial charge in [0.15, 0.2) is 0 Å². The van der Waals surface area contributed by atoms with Crippen LogP contribution in [0.5, 0.6) is 0 Å². The van der Waals surface area contributed by atoms with Gasteiger partial charge in [-0.15, -0.1) is 0 Å². The first-order valence-corrected chi connectivity index (χ1v) is 10.2. The van der Waals surface area contributed by atoms with Gasteiger partial charge in [0, 0.05) is 12.0 Å². The van der Waals surface area contributed by atoms with Crippen LogP contribution in [0.2, 0.25) is 0 Å². The smallest absolute Gasteiger partial charge is 0.338 e. The van der Waals surface area contributed by atoms with E-state index in [2.05, 4.69) is 34.3 Å². The molecule has 0 aromatic carbocycles. The highest BCUT2D eigenvalue weighted by atomic mass is 16.7. The summed E-state index contributed by atoms with van der Waals surface area (Å²) in [5.74, 6) is 1.03. The number of allylic oxidation sites excluding steroid dienone is 1. The van der Waals surface area contributed by atoms with Crippen molar-refractivity contribution in [3.63, 3.8) is 0 Å². The molecule has 1 unspecified atom stereocenters. The van der Waals surface area contributed by atoms with Gasteiger partial charge < -0.3 is 14.2 Å². The number of hydrogen-bond donors (Lipinski definition) is 0. The van der Waals surface area contributed by atoms with Gasteiger partial charge in [-0.25, -0.2) is 4.79 Å². The Bertz CT molecular complexity index is 745. The van der Waals surface area contributed by atoms with Gasteiger partial charge in [0.25, 0.3) is 6.29 Å². The van der Waals surface area contributed by atoms with E-state index < -0.39 is 11.9 Å². The molecule has 2 aliphatic heterocycles. The molecule has 0 aromatic rings. The first-order valence-electron chi connectivity index (χ1n) is 10.2. The maximum atomic E-state index is 12.8. The molecule has 148 valence electrons. The summed E-state index contributed by atoms with van der Waals surface area (Å²) < 4.78 is 17.4. The maximum Gasteiger partial charge on any atom is 0.338 e. The van der Waals surface area contributed by atoms with E-state index in [1.807, 2.05) is 13.0 Å². The van der Waals surface area contributed by atoms with Crippen molar-refractivity contribution < 1.29 is 19.0 Å². The van der Waals surface area contributed by atoms with Crippen LogP contribution in [0.4, 0.5) is 0 Å². The van der Waals surface area contributed by atoms with Gasteiger partial charge >= 0.3 is 5.97 Å². The second-order valence-electron chi connectivity index (χ2n) is 10.0. The molecule has 0 amide bonds. The third kappa shape index (κ3) is 2.75. The van der Waals surface area contributed by atoms with Crippen LogP contribution in [-0.2, 0) is 19.0 Å². The number of rotatable bonds is 2. The highest BCUT2D eigenvalue weighted by Gasteiger charge is 2.65. The molecule has 4 nitrogen and oxygen atoms in total. The van der Waals surface area contributed by atoms with Gasteiger partial charge in [-0.2, -0.15) is 0 Å². The maximum absolute atomic E-state index is 12.8. The van der Waals surface area contributed by atoms with E-state index in [9.17, 15) is 4.79 Å². The van der Waals surface area contributed by atoms with E-state index >= 15 is 0 Å².